The number of unbranched alkanes of at least 4 members (excludes halogenated alkanes) is 44. The van der Waals surface area contributed by atoms with Crippen LogP contribution in [-0.4, -0.2) is 96.7 Å². The SMILES string of the molecule is CCCCCC/C=C\C=C/CCCCCCCC(=O)OC[C@H](COP(=O)(O)OC[C@@H](O)COP(=O)(O)OC[C@@H](COC(=O)CCCCCCCCC(C)CC)OC(=O)CCCCCCCCCCCCCCCCCCCCC(C)CC)OC(=O)CCCCCCCCCCCCCCCCC(C)C. The number of allylic oxidation sites excluding steroid dienone is 4. The highest BCUT2D eigenvalue weighted by Crippen LogP contribution is 2.45. The molecule has 0 aliphatic carbocycles. The second kappa shape index (κ2) is 74.6. The molecule has 0 fully saturated rings. The van der Waals surface area contributed by atoms with Crippen molar-refractivity contribution in [3.63, 3.8) is 0 Å². The zero-order valence-corrected chi connectivity index (χ0v) is 69.8. The number of hydrogen-bond acceptors (Lipinski definition) is 15. The van der Waals surface area contributed by atoms with Gasteiger partial charge in [0.25, 0.3) is 0 Å². The molecule has 0 bridgehead atoms. The van der Waals surface area contributed by atoms with Crippen LogP contribution in [0.1, 0.15) is 421 Å². The Kier molecular flexibility index (Phi) is 72.9. The van der Waals surface area contributed by atoms with Gasteiger partial charge in [-0.1, -0.05) is 368 Å². The first-order chi connectivity index (χ1) is 50.3. The summed E-state index contributed by atoms with van der Waals surface area (Å²) in [6, 6.07) is 0. The van der Waals surface area contributed by atoms with Gasteiger partial charge in [0.15, 0.2) is 12.2 Å². The first-order valence-electron chi connectivity index (χ1n) is 43.2. The topological polar surface area (TPSA) is 237 Å². The van der Waals surface area contributed by atoms with E-state index in [4.69, 9.17) is 37.0 Å². The molecule has 7 atom stereocenters. The van der Waals surface area contributed by atoms with E-state index in [2.05, 4.69) is 72.8 Å². The van der Waals surface area contributed by atoms with Gasteiger partial charge in [-0.2, -0.15) is 0 Å². The number of phosphoric ester groups is 2. The minimum atomic E-state index is -4.97. The second-order valence-corrected chi connectivity index (χ2v) is 33.8. The monoisotopic (exact) mass is 1520 g/mol. The number of ether oxygens (including phenoxy) is 4. The van der Waals surface area contributed by atoms with Gasteiger partial charge in [0.2, 0.25) is 0 Å². The molecule has 4 unspecified atom stereocenters. The maximum atomic E-state index is 13.1. The zero-order chi connectivity index (χ0) is 76.5. The maximum absolute atomic E-state index is 13.1. The van der Waals surface area contributed by atoms with Crippen LogP contribution in [0, 0.1) is 17.8 Å². The Balaban J connectivity index is 5.24. The van der Waals surface area contributed by atoms with Crippen LogP contribution >= 0.6 is 15.6 Å². The number of aliphatic hydroxyl groups is 1. The van der Waals surface area contributed by atoms with Crippen LogP contribution in [0.3, 0.4) is 0 Å². The van der Waals surface area contributed by atoms with Gasteiger partial charge in [-0.3, -0.25) is 37.3 Å². The average Bonchev–Trinajstić information content (AvgIpc) is 0.912. The number of phosphoric acid groups is 2. The maximum Gasteiger partial charge on any atom is 0.472 e. The van der Waals surface area contributed by atoms with Crippen LogP contribution in [0.25, 0.3) is 0 Å². The summed E-state index contributed by atoms with van der Waals surface area (Å²) in [7, 11) is -9.94. The van der Waals surface area contributed by atoms with Crippen molar-refractivity contribution < 1.29 is 80.2 Å². The summed E-state index contributed by atoms with van der Waals surface area (Å²) >= 11 is 0. The molecule has 0 heterocycles. The van der Waals surface area contributed by atoms with Crippen molar-refractivity contribution in [1.82, 2.24) is 0 Å². The van der Waals surface area contributed by atoms with E-state index in [9.17, 15) is 43.2 Å². The predicted molar refractivity (Wildman–Crippen MR) is 427 cm³/mol. The molecule has 3 N–H and O–H groups in total. The molecule has 0 radical (unpaired) electrons. The highest BCUT2D eigenvalue weighted by atomic mass is 31.2. The largest absolute Gasteiger partial charge is 0.472 e. The Morgan fingerprint density at radius 2 is 0.567 bits per heavy atom. The molecule has 19 heteroatoms. The summed E-state index contributed by atoms with van der Waals surface area (Å²) in [5, 5.41) is 10.7. The summed E-state index contributed by atoms with van der Waals surface area (Å²) in [4.78, 5) is 73.1. The smallest absolute Gasteiger partial charge is 0.462 e. The van der Waals surface area contributed by atoms with Gasteiger partial charge in [-0.15, -0.1) is 0 Å². The molecular weight excluding hydrogens is 1350 g/mol. The normalized spacial score (nSPS) is 14.6. The third kappa shape index (κ3) is 75.0. The van der Waals surface area contributed by atoms with Gasteiger partial charge < -0.3 is 33.8 Å². The van der Waals surface area contributed by atoms with Crippen molar-refractivity contribution >= 4 is 39.5 Å². The van der Waals surface area contributed by atoms with E-state index in [1.54, 1.807) is 0 Å². The first kappa shape index (κ1) is 102. The second-order valence-electron chi connectivity index (χ2n) is 30.8. The van der Waals surface area contributed by atoms with Crippen molar-refractivity contribution in [3.05, 3.63) is 24.3 Å². The lowest BCUT2D eigenvalue weighted by atomic mass is 9.99. The van der Waals surface area contributed by atoms with Gasteiger partial charge in [-0.05, 0) is 69.1 Å². The number of carbonyl (C=O) groups is 4. The summed E-state index contributed by atoms with van der Waals surface area (Å²) in [5.41, 5.74) is 0. The van der Waals surface area contributed by atoms with Crippen molar-refractivity contribution in [2.75, 3.05) is 39.6 Å². The molecule has 0 spiro atoms. The minimum Gasteiger partial charge on any atom is -0.462 e. The molecule has 17 nitrogen and oxygen atoms in total. The van der Waals surface area contributed by atoms with Gasteiger partial charge >= 0.3 is 39.5 Å². The Morgan fingerprint density at radius 3 is 0.856 bits per heavy atom. The van der Waals surface area contributed by atoms with E-state index in [1.165, 1.54) is 205 Å². The Hall–Kier alpha value is -2.46. The quantitative estimate of drug-likeness (QED) is 0.0169. The number of rotatable bonds is 81. The molecule has 0 aliphatic rings. The predicted octanol–water partition coefficient (Wildman–Crippen LogP) is 25.3. The third-order valence-electron chi connectivity index (χ3n) is 20.0. The Labute approximate surface area is 637 Å². The molecule has 0 amide bonds. The van der Waals surface area contributed by atoms with Crippen LogP contribution in [0.2, 0.25) is 0 Å². The lowest BCUT2D eigenvalue weighted by molar-refractivity contribution is -0.161. The first-order valence-corrected chi connectivity index (χ1v) is 46.2. The number of carbonyl (C=O) groups excluding carboxylic acids is 4. The Morgan fingerprint density at radius 1 is 0.317 bits per heavy atom. The number of aliphatic hydroxyl groups excluding tert-OH is 1. The van der Waals surface area contributed by atoms with Crippen LogP contribution in [0.5, 0.6) is 0 Å². The van der Waals surface area contributed by atoms with Gasteiger partial charge in [-0.25, -0.2) is 9.13 Å². The summed E-state index contributed by atoms with van der Waals surface area (Å²) in [5.74, 6) is 0.254. The van der Waals surface area contributed by atoms with Crippen molar-refractivity contribution in [2.45, 2.75) is 439 Å². The zero-order valence-electron chi connectivity index (χ0n) is 68.0. The molecule has 0 aromatic carbocycles. The van der Waals surface area contributed by atoms with Crippen LogP contribution in [0.15, 0.2) is 24.3 Å². The summed E-state index contributed by atoms with van der Waals surface area (Å²) in [6.45, 7) is 11.9. The van der Waals surface area contributed by atoms with Crippen LogP contribution in [-0.2, 0) is 65.4 Å². The number of hydrogen-bond donors (Lipinski definition) is 3. The minimum absolute atomic E-state index is 0.100. The van der Waals surface area contributed by atoms with E-state index in [-0.39, 0.29) is 25.7 Å². The molecule has 0 aromatic rings. The Bertz CT molecular complexity index is 2110. The fourth-order valence-corrected chi connectivity index (χ4v) is 14.2. The fourth-order valence-electron chi connectivity index (χ4n) is 12.6. The lowest BCUT2D eigenvalue weighted by Gasteiger charge is -2.21. The molecule has 0 aromatic heterocycles. The van der Waals surface area contributed by atoms with Gasteiger partial charge in [0.05, 0.1) is 26.4 Å². The highest BCUT2D eigenvalue weighted by molar-refractivity contribution is 7.47. The summed E-state index contributed by atoms with van der Waals surface area (Å²) in [6.07, 6.45) is 67.5. The molecule has 0 saturated heterocycles. The standard InChI is InChI=1S/C85H162O17P2/c1-8-11-12-13-14-15-16-17-22-29-34-39-44-52-59-66-82(87)95-72-80(101-84(89)68-62-55-46-41-36-31-26-25-27-32-37-42-49-56-63-76(4)5)74-99-103(91,92)97-70-79(86)71-98-104(93,94)100-75-81(73-96-83(88)67-60-53-48-47-51-58-65-78(7)10-3)102-85(90)69-61-54-45-40-35-30-24-21-19-18-20-23-28-33-38-43-50-57-64-77(6)9-2/h15-17,22,76-81,86H,8-14,18-21,23-75H2,1-7H3,(H,91,92)(H,93,94)/b16-15-,22-17-/t77?,78?,79-,80-,81-/m1/s1. The highest BCUT2D eigenvalue weighted by Gasteiger charge is 2.30. The van der Waals surface area contributed by atoms with E-state index >= 15 is 0 Å². The fraction of sp³-hybridized carbons (Fsp3) is 0.906. The van der Waals surface area contributed by atoms with Crippen molar-refractivity contribution in [2.24, 2.45) is 17.8 Å². The average molecular weight is 1520 g/mol. The van der Waals surface area contributed by atoms with Crippen LogP contribution < -0.4 is 0 Å². The van der Waals surface area contributed by atoms with Gasteiger partial charge in [0.1, 0.15) is 19.3 Å². The van der Waals surface area contributed by atoms with E-state index in [1.807, 2.05) is 0 Å². The number of esters is 4. The molecule has 0 saturated carbocycles. The van der Waals surface area contributed by atoms with Crippen molar-refractivity contribution in [3.8, 4) is 0 Å². The molecule has 614 valence electrons. The molecule has 0 rings (SSSR count). The third-order valence-corrected chi connectivity index (χ3v) is 21.9. The van der Waals surface area contributed by atoms with Crippen LogP contribution in [0.4, 0.5) is 0 Å². The van der Waals surface area contributed by atoms with E-state index in [0.29, 0.717) is 25.7 Å². The van der Waals surface area contributed by atoms with Gasteiger partial charge in [0, 0.05) is 25.7 Å². The molecular formula is C85H162O17P2. The lowest BCUT2D eigenvalue weighted by Crippen LogP contribution is -2.30. The molecule has 104 heavy (non-hydrogen) atoms. The van der Waals surface area contributed by atoms with Crippen molar-refractivity contribution in [1.29, 1.82) is 0 Å². The molecule has 0 aliphatic heterocycles. The van der Waals surface area contributed by atoms with E-state index < -0.39 is 97.5 Å². The van der Waals surface area contributed by atoms with E-state index in [0.717, 1.165) is 133 Å². The summed E-state index contributed by atoms with van der Waals surface area (Å²) < 4.78 is 68.8.